The van der Waals surface area contributed by atoms with E-state index in [1.807, 2.05) is 60.7 Å². The van der Waals surface area contributed by atoms with Crippen LogP contribution in [-0.2, 0) is 23.1 Å². The number of carboxylic acids is 1. The molecule has 0 fully saturated rings. The highest BCUT2D eigenvalue weighted by atomic mass is 32.2. The van der Waals surface area contributed by atoms with Crippen LogP contribution in [0.3, 0.4) is 0 Å². The first-order valence-electron chi connectivity index (χ1n) is 9.38. The van der Waals surface area contributed by atoms with Gasteiger partial charge in [0.1, 0.15) is 5.69 Å². The molecule has 7 heteroatoms. The van der Waals surface area contributed by atoms with Gasteiger partial charge in [0, 0.05) is 24.0 Å². The van der Waals surface area contributed by atoms with Crippen LogP contribution in [0.1, 0.15) is 21.6 Å². The molecule has 152 valence electrons. The van der Waals surface area contributed by atoms with Crippen molar-refractivity contribution in [2.24, 2.45) is 0 Å². The monoisotopic (exact) mass is 420 g/mol. The number of fused-ring (bicyclic) bond motifs is 1. The zero-order valence-corrected chi connectivity index (χ0v) is 16.8. The lowest BCUT2D eigenvalue weighted by molar-refractivity contribution is 0.0686. The minimum atomic E-state index is -3.74. The number of hydrogen-bond donors (Lipinski definition) is 2. The van der Waals surface area contributed by atoms with Crippen LogP contribution in [0.2, 0.25) is 0 Å². The summed E-state index contributed by atoms with van der Waals surface area (Å²) in [6, 6.07) is 24.9. The van der Waals surface area contributed by atoms with Gasteiger partial charge in [-0.15, -0.1) is 0 Å². The van der Waals surface area contributed by atoms with E-state index in [-0.39, 0.29) is 17.1 Å². The molecule has 0 atom stereocenters. The minimum Gasteiger partial charge on any atom is -0.477 e. The number of rotatable bonds is 7. The molecule has 3 aromatic carbocycles. The first-order valence-corrected chi connectivity index (χ1v) is 10.9. The summed E-state index contributed by atoms with van der Waals surface area (Å²) in [4.78, 5) is 11.9. The van der Waals surface area contributed by atoms with Crippen molar-refractivity contribution >= 4 is 26.9 Å². The van der Waals surface area contributed by atoms with E-state index in [9.17, 15) is 18.3 Å². The molecule has 1 aromatic heterocycles. The molecule has 0 radical (unpaired) electrons. The Labute approximate surface area is 174 Å². The van der Waals surface area contributed by atoms with E-state index < -0.39 is 16.0 Å². The minimum absolute atomic E-state index is 0.0970. The van der Waals surface area contributed by atoms with Crippen molar-refractivity contribution in [3.63, 3.8) is 0 Å². The number of nitrogens with zero attached hydrogens (tertiary/aromatic N) is 1. The zero-order chi connectivity index (χ0) is 21.1. The normalized spacial score (nSPS) is 11.6. The molecule has 0 aliphatic heterocycles. The molecular weight excluding hydrogens is 400 g/mol. The van der Waals surface area contributed by atoms with Gasteiger partial charge < -0.3 is 9.67 Å². The van der Waals surface area contributed by atoms with Crippen molar-refractivity contribution in [1.29, 1.82) is 0 Å². The first-order chi connectivity index (χ1) is 14.4. The average Bonchev–Trinajstić information content (AvgIpc) is 3.12. The second kappa shape index (κ2) is 8.14. The van der Waals surface area contributed by atoms with Crippen molar-refractivity contribution in [3.8, 4) is 0 Å². The van der Waals surface area contributed by atoms with Crippen LogP contribution in [0.5, 0.6) is 0 Å². The van der Waals surface area contributed by atoms with Crippen LogP contribution < -0.4 is 4.72 Å². The first kappa shape index (κ1) is 19.9. The summed E-state index contributed by atoms with van der Waals surface area (Å²) in [7, 11) is -3.74. The summed E-state index contributed by atoms with van der Waals surface area (Å²) < 4.78 is 29.7. The lowest BCUT2D eigenvalue weighted by Crippen LogP contribution is -2.23. The highest BCUT2D eigenvalue weighted by Crippen LogP contribution is 2.25. The summed E-state index contributed by atoms with van der Waals surface area (Å²) in [5, 5.41) is 10.2. The standard InChI is InChI=1S/C23H20N2O4S/c26-23(27)22-14-19-13-20(30(28,29)24-15-17-7-3-1-4-8-17)11-12-21(19)25(22)16-18-9-5-2-6-10-18/h1-14,24H,15-16H2,(H,26,27). The van der Waals surface area contributed by atoms with Gasteiger partial charge in [-0.25, -0.2) is 17.9 Å². The third-order valence-electron chi connectivity index (χ3n) is 4.89. The molecule has 6 nitrogen and oxygen atoms in total. The Balaban J connectivity index is 1.68. The number of carbonyl (C=O) groups is 1. The smallest absolute Gasteiger partial charge is 0.352 e. The maximum Gasteiger partial charge on any atom is 0.352 e. The van der Waals surface area contributed by atoms with Crippen LogP contribution >= 0.6 is 0 Å². The molecule has 0 saturated heterocycles. The van der Waals surface area contributed by atoms with Gasteiger partial charge in [0.05, 0.1) is 4.90 Å². The molecule has 0 unspecified atom stereocenters. The number of carboxylic acid groups (broad SMARTS) is 1. The van der Waals surface area contributed by atoms with E-state index in [4.69, 9.17) is 0 Å². The Hall–Kier alpha value is -3.42. The van der Waals surface area contributed by atoms with Gasteiger partial charge in [-0.05, 0) is 35.4 Å². The Kier molecular flexibility index (Phi) is 5.39. The Morgan fingerprint density at radius 2 is 1.50 bits per heavy atom. The fourth-order valence-corrected chi connectivity index (χ4v) is 4.44. The van der Waals surface area contributed by atoms with Gasteiger partial charge in [0.25, 0.3) is 0 Å². The predicted molar refractivity (Wildman–Crippen MR) is 115 cm³/mol. The van der Waals surface area contributed by atoms with E-state index in [1.165, 1.54) is 18.2 Å². The SMILES string of the molecule is O=C(O)c1cc2cc(S(=O)(=O)NCc3ccccc3)ccc2n1Cc1ccccc1. The molecule has 0 amide bonds. The van der Waals surface area contributed by atoms with Crippen molar-refractivity contribution in [1.82, 2.24) is 9.29 Å². The Morgan fingerprint density at radius 1 is 0.867 bits per heavy atom. The molecule has 0 saturated carbocycles. The summed E-state index contributed by atoms with van der Waals surface area (Å²) in [5.41, 5.74) is 2.59. The number of aromatic carboxylic acids is 1. The lowest BCUT2D eigenvalue weighted by Gasteiger charge is -2.10. The van der Waals surface area contributed by atoms with Crippen LogP contribution in [-0.4, -0.2) is 24.1 Å². The summed E-state index contributed by atoms with van der Waals surface area (Å²) in [6.45, 7) is 0.556. The number of aromatic nitrogens is 1. The molecule has 2 N–H and O–H groups in total. The lowest BCUT2D eigenvalue weighted by atomic mass is 10.2. The van der Waals surface area contributed by atoms with E-state index in [0.717, 1.165) is 11.1 Å². The molecule has 4 aromatic rings. The number of hydrogen-bond acceptors (Lipinski definition) is 3. The average molecular weight is 420 g/mol. The zero-order valence-electron chi connectivity index (χ0n) is 16.0. The number of sulfonamides is 1. The molecule has 0 aliphatic rings. The van der Waals surface area contributed by atoms with Crippen LogP contribution in [0, 0.1) is 0 Å². The molecule has 0 spiro atoms. The van der Waals surface area contributed by atoms with Crippen LogP contribution in [0.15, 0.2) is 89.8 Å². The van der Waals surface area contributed by atoms with Gasteiger partial charge in [0.15, 0.2) is 0 Å². The second-order valence-corrected chi connectivity index (χ2v) is 8.70. The van der Waals surface area contributed by atoms with E-state index in [2.05, 4.69) is 4.72 Å². The summed E-state index contributed by atoms with van der Waals surface area (Å²) >= 11 is 0. The Bertz CT molecular complexity index is 1300. The van der Waals surface area contributed by atoms with Gasteiger partial charge >= 0.3 is 5.97 Å². The van der Waals surface area contributed by atoms with E-state index >= 15 is 0 Å². The number of nitrogens with one attached hydrogen (secondary N) is 1. The van der Waals surface area contributed by atoms with Gasteiger partial charge in [-0.1, -0.05) is 60.7 Å². The molecule has 0 bridgehead atoms. The maximum atomic E-state index is 12.7. The predicted octanol–water partition coefficient (Wildman–Crippen LogP) is 3.87. The summed E-state index contributed by atoms with van der Waals surface area (Å²) in [5.74, 6) is -1.06. The van der Waals surface area contributed by atoms with Gasteiger partial charge in [-0.2, -0.15) is 0 Å². The number of benzene rings is 3. The fraction of sp³-hybridized carbons (Fsp3) is 0.0870. The van der Waals surface area contributed by atoms with Crippen LogP contribution in [0.4, 0.5) is 0 Å². The maximum absolute atomic E-state index is 12.7. The third kappa shape index (κ3) is 4.12. The van der Waals surface area contributed by atoms with E-state index in [0.29, 0.717) is 17.4 Å². The highest BCUT2D eigenvalue weighted by Gasteiger charge is 2.19. The second-order valence-electron chi connectivity index (χ2n) is 6.94. The summed E-state index contributed by atoms with van der Waals surface area (Å²) in [6.07, 6.45) is 0. The quantitative estimate of drug-likeness (QED) is 0.475. The van der Waals surface area contributed by atoms with Gasteiger partial charge in [-0.3, -0.25) is 0 Å². The Morgan fingerprint density at radius 3 is 2.13 bits per heavy atom. The topological polar surface area (TPSA) is 88.4 Å². The molecular formula is C23H20N2O4S. The molecule has 0 aliphatic carbocycles. The van der Waals surface area contributed by atoms with Crippen molar-refractivity contribution in [2.75, 3.05) is 0 Å². The molecule has 1 heterocycles. The van der Waals surface area contributed by atoms with Crippen molar-refractivity contribution in [2.45, 2.75) is 18.0 Å². The van der Waals surface area contributed by atoms with Gasteiger partial charge in [0.2, 0.25) is 10.0 Å². The molecule has 4 rings (SSSR count). The highest BCUT2D eigenvalue weighted by molar-refractivity contribution is 7.89. The van der Waals surface area contributed by atoms with Crippen LogP contribution in [0.25, 0.3) is 10.9 Å². The van der Waals surface area contributed by atoms with Crippen molar-refractivity contribution in [3.05, 3.63) is 102 Å². The van der Waals surface area contributed by atoms with E-state index in [1.54, 1.807) is 10.6 Å². The third-order valence-corrected chi connectivity index (χ3v) is 6.29. The molecule has 30 heavy (non-hydrogen) atoms. The van der Waals surface area contributed by atoms with Crippen molar-refractivity contribution < 1.29 is 18.3 Å². The largest absolute Gasteiger partial charge is 0.477 e. The fourth-order valence-electron chi connectivity index (χ4n) is 3.39.